The van der Waals surface area contributed by atoms with E-state index in [-0.39, 0.29) is 0 Å². The molecule has 0 aromatic heterocycles. The van der Waals surface area contributed by atoms with Crippen molar-refractivity contribution in [2.45, 2.75) is 54.4 Å². The molecule has 0 atom stereocenters. The second kappa shape index (κ2) is 17.0. The Bertz CT molecular complexity index is 48.3. The molecule has 0 nitrogen and oxygen atoms in total. The lowest BCUT2D eigenvalue weighted by Crippen LogP contribution is -1.66. The Balaban J connectivity index is -0.0000000967. The van der Waals surface area contributed by atoms with Crippen LogP contribution in [0.3, 0.4) is 0 Å². The Kier molecular flexibility index (Phi) is 25.1. The molecule has 0 aromatic rings. The molecule has 1 fully saturated rings. The molecule has 1 rings (SSSR count). The summed E-state index contributed by atoms with van der Waals surface area (Å²) >= 11 is 0. The Morgan fingerprint density at radius 3 is 1.08 bits per heavy atom. The van der Waals surface area contributed by atoms with Crippen LogP contribution in [0.1, 0.15) is 54.4 Å². The van der Waals surface area contributed by atoms with E-state index in [1.54, 1.807) is 0 Å². The van der Waals surface area contributed by atoms with E-state index in [4.69, 9.17) is 0 Å². The van der Waals surface area contributed by atoms with Crippen LogP contribution in [0.4, 0.5) is 0 Å². The molecule has 0 heteroatoms. The zero-order valence-electron chi connectivity index (χ0n) is 9.98. The Morgan fingerprint density at radius 1 is 1.00 bits per heavy atom. The van der Waals surface area contributed by atoms with Gasteiger partial charge in [0.1, 0.15) is 0 Å². The molecule has 0 unspecified atom stereocenters. The van der Waals surface area contributed by atoms with Crippen molar-refractivity contribution in [3.63, 3.8) is 0 Å². The van der Waals surface area contributed by atoms with E-state index in [0.717, 1.165) is 11.8 Å². The lowest BCUT2D eigenvalue weighted by atomic mass is 10.3. The maximum Gasteiger partial charge on any atom is -0.0443 e. The predicted molar refractivity (Wildman–Crippen MR) is 61.5 cm³/mol. The van der Waals surface area contributed by atoms with Crippen LogP contribution in [-0.2, 0) is 0 Å². The van der Waals surface area contributed by atoms with Crippen LogP contribution in [0.15, 0.2) is 13.2 Å². The van der Waals surface area contributed by atoms with Crippen molar-refractivity contribution in [2.75, 3.05) is 0 Å². The average Bonchev–Trinajstić information content (AvgIpc) is 2.79. The summed E-state index contributed by atoms with van der Waals surface area (Å²) in [5, 5.41) is 0. The summed E-state index contributed by atoms with van der Waals surface area (Å²) in [5.74, 6) is 1.92. The van der Waals surface area contributed by atoms with E-state index >= 15 is 0 Å². The molecule has 0 radical (unpaired) electrons. The third-order valence-electron chi connectivity index (χ3n) is 0.866. The molecule has 1 aliphatic rings. The van der Waals surface area contributed by atoms with Crippen LogP contribution >= 0.6 is 0 Å². The zero-order chi connectivity index (χ0) is 10.6. The smallest absolute Gasteiger partial charge is 0.0443 e. The fourth-order valence-corrected chi connectivity index (χ4v) is 0.167. The maximum absolute atomic E-state index is 3.00. The molecule has 0 N–H and O–H groups in total. The highest BCUT2D eigenvalue weighted by molar-refractivity contribution is 4.65. The summed E-state index contributed by atoms with van der Waals surface area (Å²) in [4.78, 5) is 0. The van der Waals surface area contributed by atoms with Crippen molar-refractivity contribution in [1.29, 1.82) is 0 Å². The molecule has 0 bridgehead atoms. The predicted octanol–water partition coefficient (Wildman–Crippen LogP) is 4.91. The molecule has 1 saturated carbocycles. The fourth-order valence-electron chi connectivity index (χ4n) is 0.167. The van der Waals surface area contributed by atoms with Gasteiger partial charge in [-0.2, -0.15) is 0 Å². The van der Waals surface area contributed by atoms with Crippen LogP contribution < -0.4 is 0 Å². The van der Waals surface area contributed by atoms with Crippen molar-refractivity contribution < 1.29 is 0 Å². The number of hydrogen-bond acceptors (Lipinski definition) is 0. The topological polar surface area (TPSA) is 0 Å². The first-order valence-electron chi connectivity index (χ1n) is 5.13. The van der Waals surface area contributed by atoms with Gasteiger partial charge in [-0.05, 0) is 11.8 Å². The molecule has 0 saturated heterocycles. The monoisotopic (exact) mass is 172 g/mol. The fraction of sp³-hybridized carbons (Fsp3) is 0.833. The van der Waals surface area contributed by atoms with Crippen LogP contribution in [0.5, 0.6) is 0 Å². The molecule has 0 heterocycles. The highest BCUT2D eigenvalue weighted by Crippen LogP contribution is 2.26. The first kappa shape index (κ1) is 17.7. The van der Waals surface area contributed by atoms with Gasteiger partial charge in [0.05, 0.1) is 0 Å². The molecule has 1 aliphatic carbocycles. The van der Waals surface area contributed by atoms with Crippen molar-refractivity contribution in [3.8, 4) is 0 Å². The summed E-state index contributed by atoms with van der Waals surface area (Å²) in [5.41, 5.74) is 0. The van der Waals surface area contributed by atoms with Gasteiger partial charge in [0.2, 0.25) is 0 Å². The van der Waals surface area contributed by atoms with E-state index < -0.39 is 0 Å². The summed E-state index contributed by atoms with van der Waals surface area (Å²) in [6, 6.07) is 0. The van der Waals surface area contributed by atoms with Gasteiger partial charge < -0.3 is 0 Å². The Morgan fingerprint density at radius 2 is 1.08 bits per heavy atom. The van der Waals surface area contributed by atoms with Gasteiger partial charge in [-0.3, -0.25) is 0 Å². The van der Waals surface area contributed by atoms with Gasteiger partial charge in [0, 0.05) is 0 Å². The molecule has 0 spiro atoms. The quantitative estimate of drug-likeness (QED) is 0.456. The normalized spacial score (nSPS) is 12.6. The van der Waals surface area contributed by atoms with E-state index in [0.29, 0.717) is 0 Å². The van der Waals surface area contributed by atoms with Gasteiger partial charge in [0.25, 0.3) is 0 Å². The second-order valence-electron chi connectivity index (χ2n) is 3.41. The minimum absolute atomic E-state index is 0.833. The minimum Gasteiger partial charge on any atom is -0.106 e. The van der Waals surface area contributed by atoms with Crippen LogP contribution in [-0.4, -0.2) is 0 Å². The molecular formula is C12H28. The molecule has 12 heavy (non-hydrogen) atoms. The van der Waals surface area contributed by atoms with Crippen LogP contribution in [0.2, 0.25) is 0 Å². The van der Waals surface area contributed by atoms with Gasteiger partial charge in [0.15, 0.2) is 0 Å². The summed E-state index contributed by atoms with van der Waals surface area (Å²) < 4.78 is 0. The second-order valence-corrected chi connectivity index (χ2v) is 3.41. The molecule has 0 aliphatic heterocycles. The first-order chi connectivity index (χ1) is 5.63. The summed E-state index contributed by atoms with van der Waals surface area (Å²) in [6.07, 6.45) is 2.97. The largest absolute Gasteiger partial charge is 0.106 e. The highest BCUT2D eigenvalue weighted by atomic mass is 14.2. The third kappa shape index (κ3) is 99.1. The zero-order valence-corrected chi connectivity index (χ0v) is 9.98. The van der Waals surface area contributed by atoms with Gasteiger partial charge in [-0.15, -0.1) is 13.2 Å². The summed E-state index contributed by atoms with van der Waals surface area (Å²) in [7, 11) is 0. The van der Waals surface area contributed by atoms with Crippen LogP contribution in [0.25, 0.3) is 0 Å². The highest BCUT2D eigenvalue weighted by Gasteiger charge is 2.12. The van der Waals surface area contributed by atoms with E-state index in [1.807, 2.05) is 13.8 Å². The Hall–Kier alpha value is -0.260. The third-order valence-corrected chi connectivity index (χ3v) is 0.866. The Labute approximate surface area is 80.1 Å². The molecule has 76 valence electrons. The van der Waals surface area contributed by atoms with Crippen molar-refractivity contribution >= 4 is 0 Å². The minimum atomic E-state index is 0.833. The van der Waals surface area contributed by atoms with Gasteiger partial charge >= 0.3 is 0 Å². The first-order valence-corrected chi connectivity index (χ1v) is 5.13. The maximum atomic E-state index is 3.00. The molecule has 0 amide bonds. The number of rotatable bonds is 0. The van der Waals surface area contributed by atoms with Gasteiger partial charge in [-0.25, -0.2) is 0 Å². The van der Waals surface area contributed by atoms with E-state index in [1.165, 1.54) is 12.8 Å². The average molecular weight is 172 g/mol. The SMILES string of the molecule is C=C.CC.CC(C)C.CC1CC1. The summed E-state index contributed by atoms with van der Waals surface area (Å²) in [6.45, 7) is 18.8. The van der Waals surface area contributed by atoms with Crippen molar-refractivity contribution in [3.05, 3.63) is 13.2 Å². The van der Waals surface area contributed by atoms with Crippen LogP contribution in [0, 0.1) is 11.8 Å². The lowest BCUT2D eigenvalue weighted by Gasteiger charge is -1.79. The molecule has 0 aromatic carbocycles. The standard InChI is InChI=1S/C4H8.C4H10.C2H6.C2H4/c1-4-2-3-4;1-4(2)3;2*1-2/h4H,2-3H2,1H3;4H,1-3H3;1-2H3;1-2H2. The van der Waals surface area contributed by atoms with Crippen molar-refractivity contribution in [2.24, 2.45) is 11.8 Å². The lowest BCUT2D eigenvalue weighted by molar-refractivity contribution is 0.737. The van der Waals surface area contributed by atoms with E-state index in [9.17, 15) is 0 Å². The molecular weight excluding hydrogens is 144 g/mol. The van der Waals surface area contributed by atoms with Crippen molar-refractivity contribution in [1.82, 2.24) is 0 Å². The number of hydrogen-bond donors (Lipinski definition) is 0. The van der Waals surface area contributed by atoms with Gasteiger partial charge in [-0.1, -0.05) is 54.4 Å². The van der Waals surface area contributed by atoms with E-state index in [2.05, 4.69) is 40.9 Å².